The minimum absolute atomic E-state index is 0.145. The number of aromatic carboxylic acids is 2. The van der Waals surface area contributed by atoms with Gasteiger partial charge in [0, 0.05) is 5.56 Å². The predicted molar refractivity (Wildman–Crippen MR) is 68.5 cm³/mol. The van der Waals surface area contributed by atoms with Crippen molar-refractivity contribution in [1.29, 1.82) is 0 Å². The van der Waals surface area contributed by atoms with Gasteiger partial charge in [-0.1, -0.05) is 11.8 Å². The van der Waals surface area contributed by atoms with Crippen LogP contribution in [0.1, 0.15) is 39.6 Å². The number of rotatable bonds is 4. The van der Waals surface area contributed by atoms with Crippen molar-refractivity contribution in [3.05, 3.63) is 34.9 Å². The molecular weight excluding hydrogens is 264 g/mol. The first kappa shape index (κ1) is 15.2. The van der Waals surface area contributed by atoms with Crippen LogP contribution in [0.15, 0.2) is 18.2 Å². The third kappa shape index (κ3) is 4.46. The van der Waals surface area contributed by atoms with E-state index in [2.05, 4.69) is 16.6 Å². The SMILES string of the molecule is CCOC(=O)CC#Cc1cc(C(=O)O)cc(C(=O)O)c1. The molecule has 104 valence electrons. The lowest BCUT2D eigenvalue weighted by Gasteiger charge is -2.00. The van der Waals surface area contributed by atoms with Crippen LogP contribution in [-0.4, -0.2) is 34.7 Å². The fourth-order valence-electron chi connectivity index (χ4n) is 1.38. The van der Waals surface area contributed by atoms with Gasteiger partial charge in [-0.05, 0) is 25.1 Å². The fourth-order valence-corrected chi connectivity index (χ4v) is 1.38. The monoisotopic (exact) mass is 276 g/mol. The average molecular weight is 276 g/mol. The molecule has 0 atom stereocenters. The van der Waals surface area contributed by atoms with Crippen molar-refractivity contribution in [3.8, 4) is 11.8 Å². The second-order valence-electron chi connectivity index (χ2n) is 3.69. The van der Waals surface area contributed by atoms with Gasteiger partial charge in [0.25, 0.3) is 0 Å². The summed E-state index contributed by atoms with van der Waals surface area (Å²) in [6.45, 7) is 1.92. The molecule has 1 rings (SSSR count). The van der Waals surface area contributed by atoms with Crippen LogP contribution in [-0.2, 0) is 9.53 Å². The van der Waals surface area contributed by atoms with E-state index in [1.165, 1.54) is 12.1 Å². The van der Waals surface area contributed by atoms with E-state index in [0.29, 0.717) is 0 Å². The lowest BCUT2D eigenvalue weighted by atomic mass is 10.1. The molecule has 0 unspecified atom stereocenters. The first-order chi connectivity index (χ1) is 9.43. The number of hydrogen-bond acceptors (Lipinski definition) is 4. The summed E-state index contributed by atoms with van der Waals surface area (Å²) in [5.41, 5.74) is -0.137. The van der Waals surface area contributed by atoms with Crippen molar-refractivity contribution in [3.63, 3.8) is 0 Å². The molecule has 0 aliphatic rings. The van der Waals surface area contributed by atoms with Gasteiger partial charge < -0.3 is 14.9 Å². The Morgan fingerprint density at radius 2 is 1.65 bits per heavy atom. The third-order valence-electron chi connectivity index (χ3n) is 2.20. The molecule has 0 heterocycles. The van der Waals surface area contributed by atoms with Crippen molar-refractivity contribution in [2.75, 3.05) is 6.61 Å². The Labute approximate surface area is 115 Å². The van der Waals surface area contributed by atoms with E-state index in [0.717, 1.165) is 6.07 Å². The van der Waals surface area contributed by atoms with E-state index in [1.807, 2.05) is 0 Å². The maximum absolute atomic E-state index is 11.1. The molecule has 1 aromatic rings. The second kappa shape index (κ2) is 6.95. The zero-order chi connectivity index (χ0) is 15.1. The Kier molecular flexibility index (Phi) is 5.30. The number of benzene rings is 1. The van der Waals surface area contributed by atoms with E-state index in [4.69, 9.17) is 10.2 Å². The largest absolute Gasteiger partial charge is 0.478 e. The van der Waals surface area contributed by atoms with Gasteiger partial charge >= 0.3 is 17.9 Å². The lowest BCUT2D eigenvalue weighted by Crippen LogP contribution is -2.03. The maximum Gasteiger partial charge on any atom is 0.335 e. The normalized spacial score (nSPS) is 9.25. The summed E-state index contributed by atoms with van der Waals surface area (Å²) >= 11 is 0. The van der Waals surface area contributed by atoms with Gasteiger partial charge in [-0.15, -0.1) is 0 Å². The van der Waals surface area contributed by atoms with Crippen LogP contribution in [0.25, 0.3) is 0 Å². The average Bonchev–Trinajstić information content (AvgIpc) is 2.38. The molecule has 0 saturated heterocycles. The van der Waals surface area contributed by atoms with Gasteiger partial charge in [0.15, 0.2) is 0 Å². The van der Waals surface area contributed by atoms with Crippen LogP contribution in [0.4, 0.5) is 0 Å². The maximum atomic E-state index is 11.1. The summed E-state index contributed by atoms with van der Waals surface area (Å²) in [6.07, 6.45) is -0.145. The van der Waals surface area contributed by atoms with Crippen LogP contribution in [0, 0.1) is 11.8 Å². The number of hydrogen-bond donors (Lipinski definition) is 2. The smallest absolute Gasteiger partial charge is 0.335 e. The van der Waals surface area contributed by atoms with Gasteiger partial charge in [0.05, 0.1) is 17.7 Å². The molecule has 0 aliphatic heterocycles. The predicted octanol–water partition coefficient (Wildman–Crippen LogP) is 1.39. The van der Waals surface area contributed by atoms with Crippen LogP contribution < -0.4 is 0 Å². The van der Waals surface area contributed by atoms with E-state index < -0.39 is 17.9 Å². The van der Waals surface area contributed by atoms with Crippen molar-refractivity contribution < 1.29 is 29.3 Å². The van der Waals surface area contributed by atoms with Crippen molar-refractivity contribution in [1.82, 2.24) is 0 Å². The second-order valence-corrected chi connectivity index (χ2v) is 3.69. The summed E-state index contributed by atoms with van der Waals surface area (Å²) in [6, 6.07) is 3.53. The molecule has 0 saturated carbocycles. The minimum atomic E-state index is -1.25. The van der Waals surface area contributed by atoms with Gasteiger partial charge in [0.1, 0.15) is 6.42 Å². The van der Waals surface area contributed by atoms with Crippen molar-refractivity contribution >= 4 is 17.9 Å². The molecule has 1 aromatic carbocycles. The van der Waals surface area contributed by atoms with Crippen LogP contribution in [0.3, 0.4) is 0 Å². The molecule has 2 N–H and O–H groups in total. The van der Waals surface area contributed by atoms with Gasteiger partial charge in [-0.25, -0.2) is 9.59 Å². The topological polar surface area (TPSA) is 101 Å². The Hall–Kier alpha value is -2.81. The molecule has 6 heteroatoms. The Morgan fingerprint density at radius 1 is 1.10 bits per heavy atom. The van der Waals surface area contributed by atoms with Crippen LogP contribution >= 0.6 is 0 Å². The van der Waals surface area contributed by atoms with Gasteiger partial charge in [-0.2, -0.15) is 0 Å². The molecule has 0 spiro atoms. The Morgan fingerprint density at radius 3 is 2.10 bits per heavy atom. The number of carboxylic acid groups (broad SMARTS) is 2. The molecule has 0 fully saturated rings. The summed E-state index contributed by atoms with van der Waals surface area (Å²) in [7, 11) is 0. The minimum Gasteiger partial charge on any atom is -0.478 e. The van der Waals surface area contributed by atoms with E-state index in [1.54, 1.807) is 6.92 Å². The highest BCUT2D eigenvalue weighted by atomic mass is 16.5. The van der Waals surface area contributed by atoms with Crippen molar-refractivity contribution in [2.45, 2.75) is 13.3 Å². The molecule has 0 aromatic heterocycles. The number of carbonyl (C=O) groups is 3. The quantitative estimate of drug-likeness (QED) is 0.636. The number of ether oxygens (including phenoxy) is 1. The summed E-state index contributed by atoms with van der Waals surface area (Å²) in [5.74, 6) is 2.07. The van der Waals surface area contributed by atoms with Crippen molar-refractivity contribution in [2.24, 2.45) is 0 Å². The van der Waals surface area contributed by atoms with E-state index >= 15 is 0 Å². The summed E-state index contributed by atoms with van der Waals surface area (Å²) in [4.78, 5) is 32.8. The molecule has 20 heavy (non-hydrogen) atoms. The molecule has 0 amide bonds. The zero-order valence-electron chi connectivity index (χ0n) is 10.7. The molecule has 0 radical (unpaired) electrons. The fraction of sp³-hybridized carbons (Fsp3) is 0.214. The van der Waals surface area contributed by atoms with Gasteiger partial charge in [-0.3, -0.25) is 4.79 Å². The van der Waals surface area contributed by atoms with Crippen LogP contribution in [0.5, 0.6) is 0 Å². The lowest BCUT2D eigenvalue weighted by molar-refractivity contribution is -0.141. The number of carbonyl (C=O) groups excluding carboxylic acids is 1. The highest BCUT2D eigenvalue weighted by molar-refractivity contribution is 5.94. The standard InChI is InChI=1S/C14H12O6/c1-2-20-12(15)5-3-4-9-6-10(13(16)17)8-11(7-9)14(18)19/h6-8H,2,5H2,1H3,(H,16,17)(H,18,19). The zero-order valence-corrected chi connectivity index (χ0v) is 10.7. The highest BCUT2D eigenvalue weighted by Crippen LogP contribution is 2.10. The van der Waals surface area contributed by atoms with Gasteiger partial charge in [0.2, 0.25) is 0 Å². The molecular formula is C14H12O6. The Bertz CT molecular complexity index is 574. The third-order valence-corrected chi connectivity index (χ3v) is 2.20. The first-order valence-corrected chi connectivity index (χ1v) is 5.70. The summed E-state index contributed by atoms with van der Waals surface area (Å²) in [5, 5.41) is 17.8. The molecule has 0 aliphatic carbocycles. The number of esters is 1. The number of carboxylic acids is 2. The highest BCUT2D eigenvalue weighted by Gasteiger charge is 2.10. The van der Waals surface area contributed by atoms with E-state index in [9.17, 15) is 14.4 Å². The molecule has 6 nitrogen and oxygen atoms in total. The molecule has 0 bridgehead atoms. The Balaban J connectivity index is 3.00. The first-order valence-electron chi connectivity index (χ1n) is 5.70. The summed E-state index contributed by atoms with van der Waals surface area (Å²) < 4.78 is 4.67. The van der Waals surface area contributed by atoms with E-state index in [-0.39, 0.29) is 29.7 Å². The van der Waals surface area contributed by atoms with Crippen LogP contribution in [0.2, 0.25) is 0 Å².